The van der Waals surface area contributed by atoms with Crippen LogP contribution in [0.2, 0.25) is 0 Å². The summed E-state index contributed by atoms with van der Waals surface area (Å²) in [6.07, 6.45) is 8.56. The minimum Gasteiger partial charge on any atom is -0.381 e. The second-order valence-electron chi connectivity index (χ2n) is 4.75. The van der Waals surface area contributed by atoms with E-state index in [-0.39, 0.29) is 12.4 Å². The highest BCUT2D eigenvalue weighted by molar-refractivity contribution is 5.85. The Morgan fingerprint density at radius 2 is 1.75 bits per heavy atom. The highest BCUT2D eigenvalue weighted by Gasteiger charge is 2.25. The molecule has 2 fully saturated rings. The highest BCUT2D eigenvalue weighted by Crippen LogP contribution is 2.25. The Kier molecular flexibility index (Phi) is 6.66. The van der Waals surface area contributed by atoms with Crippen molar-refractivity contribution in [1.82, 2.24) is 5.32 Å². The van der Waals surface area contributed by atoms with Crippen LogP contribution in [-0.2, 0) is 9.47 Å². The van der Waals surface area contributed by atoms with Crippen LogP contribution in [0, 0.1) is 0 Å². The summed E-state index contributed by atoms with van der Waals surface area (Å²) in [5.74, 6) is 0. The van der Waals surface area contributed by atoms with Crippen molar-refractivity contribution in [1.29, 1.82) is 0 Å². The smallest absolute Gasteiger partial charge is 0.0703 e. The third-order valence-electron chi connectivity index (χ3n) is 3.55. The van der Waals surface area contributed by atoms with Crippen LogP contribution in [0.3, 0.4) is 0 Å². The van der Waals surface area contributed by atoms with Crippen molar-refractivity contribution in [3.63, 3.8) is 0 Å². The van der Waals surface area contributed by atoms with Crippen LogP contribution in [0.15, 0.2) is 0 Å². The Morgan fingerprint density at radius 3 is 2.44 bits per heavy atom. The number of methoxy groups -OCH3 is 1. The van der Waals surface area contributed by atoms with Gasteiger partial charge in [0.15, 0.2) is 0 Å². The number of ether oxygens (including phenoxy) is 2. The molecule has 3 nitrogen and oxygen atoms in total. The van der Waals surface area contributed by atoms with E-state index in [1.54, 1.807) is 0 Å². The molecule has 1 aliphatic carbocycles. The first kappa shape index (κ1) is 14.2. The first-order valence-corrected chi connectivity index (χ1v) is 6.27. The Labute approximate surface area is 105 Å². The minimum absolute atomic E-state index is 0. The molecule has 16 heavy (non-hydrogen) atoms. The molecule has 4 heteroatoms. The number of nitrogens with one attached hydrogen (secondary N) is 1. The molecule has 1 saturated heterocycles. The number of hydrogen-bond donors (Lipinski definition) is 1. The zero-order chi connectivity index (χ0) is 10.5. The summed E-state index contributed by atoms with van der Waals surface area (Å²) in [5, 5.41) is 3.39. The van der Waals surface area contributed by atoms with Crippen LogP contribution in [0.4, 0.5) is 0 Å². The summed E-state index contributed by atoms with van der Waals surface area (Å²) >= 11 is 0. The number of rotatable bonds is 3. The maximum absolute atomic E-state index is 6.12. The zero-order valence-corrected chi connectivity index (χ0v) is 10.9. The maximum atomic E-state index is 6.12. The number of hydrogen-bond acceptors (Lipinski definition) is 3. The van der Waals surface area contributed by atoms with Crippen LogP contribution < -0.4 is 5.32 Å². The van der Waals surface area contributed by atoms with E-state index in [9.17, 15) is 0 Å². The van der Waals surface area contributed by atoms with Gasteiger partial charge in [-0.1, -0.05) is 0 Å². The molecule has 3 unspecified atom stereocenters. The fourth-order valence-electron chi connectivity index (χ4n) is 2.65. The summed E-state index contributed by atoms with van der Waals surface area (Å²) in [7, 11) is 1.81. The van der Waals surface area contributed by atoms with Gasteiger partial charge in [0.2, 0.25) is 0 Å². The van der Waals surface area contributed by atoms with Gasteiger partial charge in [-0.3, -0.25) is 0 Å². The van der Waals surface area contributed by atoms with Gasteiger partial charge in [0.05, 0.1) is 18.3 Å². The van der Waals surface area contributed by atoms with Crippen molar-refractivity contribution >= 4 is 12.4 Å². The first-order valence-electron chi connectivity index (χ1n) is 6.27. The molecule has 0 bridgehead atoms. The Morgan fingerprint density at radius 1 is 1.00 bits per heavy atom. The van der Waals surface area contributed by atoms with Crippen LogP contribution in [0.1, 0.15) is 38.5 Å². The number of piperidine rings is 1. The standard InChI is InChI=1S/C12H23NO2.ClH/c1-14-10-4-2-5-11(8-10)15-12-6-3-7-13-9-12;/h10-13H,2-9H2,1H3;1H. The largest absolute Gasteiger partial charge is 0.381 e. The van der Waals surface area contributed by atoms with E-state index in [2.05, 4.69) is 5.32 Å². The fraction of sp³-hybridized carbons (Fsp3) is 1.00. The van der Waals surface area contributed by atoms with Gasteiger partial charge in [-0.25, -0.2) is 0 Å². The van der Waals surface area contributed by atoms with Crippen molar-refractivity contribution in [3.05, 3.63) is 0 Å². The second-order valence-corrected chi connectivity index (χ2v) is 4.75. The van der Waals surface area contributed by atoms with Crippen molar-refractivity contribution < 1.29 is 9.47 Å². The lowest BCUT2D eigenvalue weighted by molar-refractivity contribution is -0.0704. The summed E-state index contributed by atoms with van der Waals surface area (Å²) in [6, 6.07) is 0. The van der Waals surface area contributed by atoms with E-state index in [0.29, 0.717) is 18.3 Å². The van der Waals surface area contributed by atoms with E-state index in [0.717, 1.165) is 19.5 Å². The van der Waals surface area contributed by atoms with Crippen LogP contribution in [-0.4, -0.2) is 38.5 Å². The van der Waals surface area contributed by atoms with Gasteiger partial charge in [-0.15, -0.1) is 12.4 Å². The first-order chi connectivity index (χ1) is 7.38. The van der Waals surface area contributed by atoms with Crippen molar-refractivity contribution in [3.8, 4) is 0 Å². The van der Waals surface area contributed by atoms with E-state index in [4.69, 9.17) is 9.47 Å². The van der Waals surface area contributed by atoms with E-state index in [1.165, 1.54) is 32.1 Å². The van der Waals surface area contributed by atoms with Gasteiger partial charge < -0.3 is 14.8 Å². The molecular weight excluding hydrogens is 226 g/mol. The lowest BCUT2D eigenvalue weighted by atomic mass is 9.94. The molecule has 96 valence electrons. The summed E-state index contributed by atoms with van der Waals surface area (Å²) in [6.45, 7) is 2.19. The highest BCUT2D eigenvalue weighted by atomic mass is 35.5. The predicted octanol–water partition coefficient (Wildman–Crippen LogP) is 2.13. The number of halogens is 1. The van der Waals surface area contributed by atoms with Crippen molar-refractivity contribution in [2.75, 3.05) is 20.2 Å². The molecule has 0 radical (unpaired) electrons. The molecule has 1 saturated carbocycles. The zero-order valence-electron chi connectivity index (χ0n) is 10.1. The molecule has 1 aliphatic heterocycles. The molecule has 1 heterocycles. The van der Waals surface area contributed by atoms with Gasteiger partial charge in [0.25, 0.3) is 0 Å². The molecular formula is C12H24ClNO2. The van der Waals surface area contributed by atoms with Gasteiger partial charge in [-0.2, -0.15) is 0 Å². The van der Waals surface area contributed by atoms with E-state index >= 15 is 0 Å². The molecule has 3 atom stereocenters. The Bertz CT molecular complexity index is 186. The molecule has 0 amide bonds. The van der Waals surface area contributed by atoms with Crippen LogP contribution >= 0.6 is 12.4 Å². The molecule has 2 aliphatic rings. The van der Waals surface area contributed by atoms with Crippen LogP contribution in [0.5, 0.6) is 0 Å². The van der Waals surface area contributed by atoms with Crippen molar-refractivity contribution in [2.24, 2.45) is 0 Å². The predicted molar refractivity (Wildman–Crippen MR) is 67.3 cm³/mol. The summed E-state index contributed by atoms with van der Waals surface area (Å²) in [5.41, 5.74) is 0. The average Bonchev–Trinajstić information content (AvgIpc) is 2.31. The Balaban J connectivity index is 0.00000128. The summed E-state index contributed by atoms with van der Waals surface area (Å²) in [4.78, 5) is 0. The molecule has 0 spiro atoms. The third-order valence-corrected chi connectivity index (χ3v) is 3.55. The van der Waals surface area contributed by atoms with E-state index < -0.39 is 0 Å². The van der Waals surface area contributed by atoms with Gasteiger partial charge in [-0.05, 0) is 45.1 Å². The Hall–Kier alpha value is 0.170. The second kappa shape index (κ2) is 7.49. The molecule has 0 aromatic heterocycles. The topological polar surface area (TPSA) is 30.5 Å². The van der Waals surface area contributed by atoms with Gasteiger partial charge in [0, 0.05) is 13.7 Å². The quantitative estimate of drug-likeness (QED) is 0.831. The minimum atomic E-state index is 0. The van der Waals surface area contributed by atoms with Crippen molar-refractivity contribution in [2.45, 2.75) is 56.8 Å². The summed E-state index contributed by atoms with van der Waals surface area (Å²) < 4.78 is 11.5. The normalized spacial score (nSPS) is 35.4. The lowest BCUT2D eigenvalue weighted by Gasteiger charge is -2.33. The SMILES string of the molecule is COC1CCCC(OC2CCCNC2)C1.Cl. The third kappa shape index (κ3) is 4.21. The molecule has 0 aromatic rings. The van der Waals surface area contributed by atoms with Gasteiger partial charge >= 0.3 is 0 Å². The average molecular weight is 250 g/mol. The maximum Gasteiger partial charge on any atom is 0.0703 e. The van der Waals surface area contributed by atoms with Gasteiger partial charge in [0.1, 0.15) is 0 Å². The lowest BCUT2D eigenvalue weighted by Crippen LogP contribution is -2.39. The fourth-order valence-corrected chi connectivity index (χ4v) is 2.65. The van der Waals surface area contributed by atoms with E-state index in [1.807, 2.05) is 7.11 Å². The molecule has 0 aromatic carbocycles. The molecule has 1 N–H and O–H groups in total. The monoisotopic (exact) mass is 249 g/mol. The van der Waals surface area contributed by atoms with Crippen LogP contribution in [0.25, 0.3) is 0 Å². The molecule has 2 rings (SSSR count).